The maximum absolute atomic E-state index is 13.6. The number of ether oxygens (including phenoxy) is 1. The Labute approximate surface area is 181 Å². The van der Waals surface area contributed by atoms with Crippen molar-refractivity contribution in [1.29, 1.82) is 0 Å². The van der Waals surface area contributed by atoms with Crippen LogP contribution in [0, 0.1) is 6.92 Å². The summed E-state index contributed by atoms with van der Waals surface area (Å²) in [5.41, 5.74) is 6.61. The first-order valence-electron chi connectivity index (χ1n) is 9.94. The Kier molecular flexibility index (Phi) is 9.44. The molecule has 0 radical (unpaired) electrons. The van der Waals surface area contributed by atoms with Crippen LogP contribution in [0.25, 0.3) is 0 Å². The van der Waals surface area contributed by atoms with E-state index in [0.717, 1.165) is 17.2 Å². The van der Waals surface area contributed by atoms with Gasteiger partial charge in [-0.1, -0.05) is 35.9 Å². The van der Waals surface area contributed by atoms with Crippen molar-refractivity contribution >= 4 is 8.69 Å². The number of benzene rings is 2. The molecule has 0 aliphatic heterocycles. The van der Waals surface area contributed by atoms with Crippen LogP contribution in [0.4, 0.5) is 13.2 Å². The zero-order valence-corrected chi connectivity index (χ0v) is 18.4. The van der Waals surface area contributed by atoms with Gasteiger partial charge in [0.1, 0.15) is 12.4 Å². The van der Waals surface area contributed by atoms with E-state index < -0.39 is 32.6 Å². The average Bonchev–Trinajstić information content (AvgIpc) is 2.73. The Hall–Kier alpha value is -1.99. The summed E-state index contributed by atoms with van der Waals surface area (Å²) in [7, 11) is -1.02. The number of aliphatic hydroxyl groups excluding tert-OH is 1. The van der Waals surface area contributed by atoms with Crippen LogP contribution in [0.15, 0.2) is 42.5 Å². The van der Waals surface area contributed by atoms with Gasteiger partial charge in [0.05, 0.1) is 24.3 Å². The second kappa shape index (κ2) is 11.6. The molecule has 0 saturated heterocycles. The van der Waals surface area contributed by atoms with Crippen LogP contribution in [0.5, 0.6) is 5.75 Å². The summed E-state index contributed by atoms with van der Waals surface area (Å²) in [6.45, 7) is 1.56. The van der Waals surface area contributed by atoms with E-state index in [1.165, 1.54) is 6.07 Å². The maximum Gasteiger partial charge on any atom is 0.494 e. The molecule has 0 heterocycles. The third-order valence-electron chi connectivity index (χ3n) is 4.94. The van der Waals surface area contributed by atoms with E-state index in [1.807, 2.05) is 31.2 Å². The maximum atomic E-state index is 13.6. The van der Waals surface area contributed by atoms with E-state index in [0.29, 0.717) is 18.4 Å². The molecule has 0 spiro atoms. The number of hydrogen-bond acceptors (Lipinski definition) is 5. The molecule has 2 aromatic carbocycles. The highest BCUT2D eigenvalue weighted by molar-refractivity contribution is 7.17. The number of nitrogens with two attached hydrogens (primary N) is 1. The highest BCUT2D eigenvalue weighted by Crippen LogP contribution is 2.37. The fourth-order valence-electron chi connectivity index (χ4n) is 3.17. The van der Waals surface area contributed by atoms with Gasteiger partial charge >= 0.3 is 14.9 Å². The number of hydrogen-bond donors (Lipinski definition) is 2. The molecule has 170 valence electrons. The lowest BCUT2D eigenvalue weighted by atomic mass is 9.93. The van der Waals surface area contributed by atoms with Crippen molar-refractivity contribution in [3.8, 4) is 5.75 Å². The van der Waals surface area contributed by atoms with Crippen molar-refractivity contribution in [3.63, 3.8) is 0 Å². The van der Waals surface area contributed by atoms with Crippen LogP contribution in [-0.2, 0) is 28.1 Å². The lowest BCUT2D eigenvalue weighted by Gasteiger charge is -2.24. The summed E-state index contributed by atoms with van der Waals surface area (Å²) < 4.78 is 61.4. The molecular formula is C22H28F3NO4P+. The standard InChI is InChI=1S/C22H28F3NO4P/c1-16-4-2-5-17(12-16)6-3-11-29-20-8-7-18(13-19(20)22(23,24)25)9-10-21(26,14-27)15-30-31-28/h2,4-5,7-8,12-13,27,31H,3,6,9-11,14-15,26H2,1H3/q+1. The molecule has 2 aromatic rings. The van der Waals surface area contributed by atoms with Gasteiger partial charge in [0.25, 0.3) is 0 Å². The summed E-state index contributed by atoms with van der Waals surface area (Å²) in [5.74, 6) is -0.211. The van der Waals surface area contributed by atoms with Crippen LogP contribution in [0.2, 0.25) is 0 Å². The lowest BCUT2D eigenvalue weighted by Crippen LogP contribution is -2.47. The van der Waals surface area contributed by atoms with Gasteiger partial charge in [-0.15, -0.1) is 4.52 Å². The molecule has 0 bridgehead atoms. The first kappa shape index (κ1) is 25.3. The number of halogens is 3. The molecule has 0 saturated carbocycles. The summed E-state index contributed by atoms with van der Waals surface area (Å²) in [6, 6.07) is 11.9. The highest BCUT2D eigenvalue weighted by Gasteiger charge is 2.35. The lowest BCUT2D eigenvalue weighted by molar-refractivity contribution is -0.139. The molecule has 0 aromatic heterocycles. The van der Waals surface area contributed by atoms with Gasteiger partial charge in [0.2, 0.25) is 0 Å². The topological polar surface area (TPSA) is 81.8 Å². The van der Waals surface area contributed by atoms with E-state index in [1.54, 1.807) is 6.07 Å². The number of alkyl halides is 3. The zero-order chi connectivity index (χ0) is 22.9. The van der Waals surface area contributed by atoms with Gasteiger partial charge < -0.3 is 15.6 Å². The molecule has 0 amide bonds. The van der Waals surface area contributed by atoms with Gasteiger partial charge in [-0.25, -0.2) is 0 Å². The normalized spacial score (nSPS) is 13.9. The molecule has 3 N–H and O–H groups in total. The molecule has 0 aliphatic rings. The number of aryl methyl sites for hydroxylation is 3. The van der Waals surface area contributed by atoms with Crippen LogP contribution in [0.1, 0.15) is 35.1 Å². The van der Waals surface area contributed by atoms with Crippen molar-refractivity contribution < 1.29 is 32.1 Å². The molecule has 31 heavy (non-hydrogen) atoms. The van der Waals surface area contributed by atoms with Crippen molar-refractivity contribution in [2.24, 2.45) is 5.73 Å². The predicted molar refractivity (Wildman–Crippen MR) is 114 cm³/mol. The summed E-state index contributed by atoms with van der Waals surface area (Å²) in [4.78, 5) is 0. The molecular weight excluding hydrogens is 430 g/mol. The minimum absolute atomic E-state index is 0.153. The fraction of sp³-hybridized carbons (Fsp3) is 0.455. The first-order valence-corrected chi connectivity index (χ1v) is 10.8. The Morgan fingerprint density at radius 2 is 1.84 bits per heavy atom. The zero-order valence-electron chi connectivity index (χ0n) is 17.4. The molecule has 9 heteroatoms. The van der Waals surface area contributed by atoms with Crippen molar-refractivity contribution in [1.82, 2.24) is 0 Å². The number of rotatable bonds is 12. The quantitative estimate of drug-likeness (QED) is 0.359. The van der Waals surface area contributed by atoms with Gasteiger partial charge in [-0.05, 0) is 60.4 Å². The third kappa shape index (κ3) is 8.22. The summed E-state index contributed by atoms with van der Waals surface area (Å²) in [5, 5.41) is 9.43. The second-order valence-electron chi connectivity index (χ2n) is 7.66. The van der Waals surface area contributed by atoms with Gasteiger partial charge in [-0.3, -0.25) is 0 Å². The SMILES string of the molecule is Cc1cccc(CCCOc2ccc(CCC(N)(CO)CO[PH+]=O)cc2C(F)(F)F)c1. The smallest absolute Gasteiger partial charge is 0.493 e. The molecule has 2 atom stereocenters. The monoisotopic (exact) mass is 458 g/mol. The largest absolute Gasteiger partial charge is 0.494 e. The van der Waals surface area contributed by atoms with E-state index in [2.05, 4.69) is 0 Å². The van der Waals surface area contributed by atoms with Crippen LogP contribution < -0.4 is 10.5 Å². The average molecular weight is 458 g/mol. The molecule has 2 rings (SSSR count). The molecule has 2 unspecified atom stereocenters. The highest BCUT2D eigenvalue weighted by atomic mass is 31.1. The summed E-state index contributed by atoms with van der Waals surface area (Å²) >= 11 is 0. The van der Waals surface area contributed by atoms with Crippen molar-refractivity contribution in [3.05, 3.63) is 64.7 Å². The van der Waals surface area contributed by atoms with E-state index >= 15 is 0 Å². The Bertz CT molecular complexity index is 863. The van der Waals surface area contributed by atoms with E-state index in [9.17, 15) is 22.8 Å². The Morgan fingerprint density at radius 1 is 1.10 bits per heavy atom. The first-order chi connectivity index (χ1) is 14.7. The second-order valence-corrected chi connectivity index (χ2v) is 8.12. The Morgan fingerprint density at radius 3 is 2.48 bits per heavy atom. The Balaban J connectivity index is 2.01. The fourth-order valence-corrected chi connectivity index (χ4v) is 3.52. The van der Waals surface area contributed by atoms with Crippen LogP contribution in [0.3, 0.4) is 0 Å². The van der Waals surface area contributed by atoms with Crippen molar-refractivity contribution in [2.45, 2.75) is 44.3 Å². The van der Waals surface area contributed by atoms with E-state index in [-0.39, 0.29) is 31.8 Å². The minimum Gasteiger partial charge on any atom is -0.493 e. The predicted octanol–water partition coefficient (Wildman–Crippen LogP) is 4.60. The van der Waals surface area contributed by atoms with Gasteiger partial charge in [0.15, 0.2) is 0 Å². The van der Waals surface area contributed by atoms with Gasteiger partial charge in [0, 0.05) is 0 Å². The van der Waals surface area contributed by atoms with Crippen LogP contribution in [-0.4, -0.2) is 30.5 Å². The van der Waals surface area contributed by atoms with E-state index in [4.69, 9.17) is 15.0 Å². The number of aliphatic hydroxyl groups is 1. The molecule has 0 aliphatic carbocycles. The van der Waals surface area contributed by atoms with Crippen LogP contribution >= 0.6 is 8.69 Å². The molecule has 5 nitrogen and oxygen atoms in total. The summed E-state index contributed by atoms with van der Waals surface area (Å²) in [6.07, 6.45) is -2.89. The molecule has 0 fully saturated rings. The third-order valence-corrected chi connectivity index (χ3v) is 5.21. The van der Waals surface area contributed by atoms with Gasteiger partial charge in [-0.2, -0.15) is 13.2 Å². The minimum atomic E-state index is -4.56. The van der Waals surface area contributed by atoms with Crippen molar-refractivity contribution in [2.75, 3.05) is 19.8 Å².